The molecule has 0 bridgehead atoms. The largest absolute Gasteiger partial charge is 0.353 e. The third-order valence-corrected chi connectivity index (χ3v) is 5.08. The van der Waals surface area contributed by atoms with Gasteiger partial charge in [0.1, 0.15) is 0 Å². The molecule has 5 aromatic rings. The standard InChI is InChI=1S/C17H9Br2N3/c18-8-1-3-12-10(5-8)15-14(21-12)7-20-16-11-6-9(19)2-4-13(11)22-17(15)16/h1-7,21-22H. The van der Waals surface area contributed by atoms with Gasteiger partial charge in [0.25, 0.3) is 0 Å². The molecule has 0 aliphatic carbocycles. The first-order valence-corrected chi connectivity index (χ1v) is 8.46. The number of rotatable bonds is 0. The summed E-state index contributed by atoms with van der Waals surface area (Å²) in [6, 6.07) is 12.5. The highest BCUT2D eigenvalue weighted by Gasteiger charge is 2.13. The number of H-pyrrole nitrogens is 2. The van der Waals surface area contributed by atoms with Crippen molar-refractivity contribution in [1.29, 1.82) is 0 Å². The van der Waals surface area contributed by atoms with Crippen LogP contribution >= 0.6 is 31.9 Å². The van der Waals surface area contributed by atoms with E-state index in [9.17, 15) is 0 Å². The van der Waals surface area contributed by atoms with E-state index in [1.54, 1.807) is 0 Å². The molecule has 0 saturated heterocycles. The van der Waals surface area contributed by atoms with E-state index in [1.807, 2.05) is 18.3 Å². The number of fused-ring (bicyclic) bond motifs is 7. The van der Waals surface area contributed by atoms with E-state index in [1.165, 1.54) is 10.8 Å². The Morgan fingerprint density at radius 1 is 0.773 bits per heavy atom. The first-order chi connectivity index (χ1) is 10.7. The predicted molar refractivity (Wildman–Crippen MR) is 98.4 cm³/mol. The van der Waals surface area contributed by atoms with E-state index >= 15 is 0 Å². The molecule has 5 rings (SSSR count). The van der Waals surface area contributed by atoms with Crippen LogP contribution in [0.5, 0.6) is 0 Å². The molecule has 2 aromatic carbocycles. The molecule has 0 atom stereocenters. The fraction of sp³-hybridized carbons (Fsp3) is 0. The van der Waals surface area contributed by atoms with Crippen LogP contribution in [0.25, 0.3) is 43.7 Å². The topological polar surface area (TPSA) is 44.5 Å². The minimum Gasteiger partial charge on any atom is -0.353 e. The Hall–Kier alpha value is -1.85. The lowest BCUT2D eigenvalue weighted by atomic mass is 10.1. The van der Waals surface area contributed by atoms with Crippen LogP contribution < -0.4 is 0 Å². The summed E-state index contributed by atoms with van der Waals surface area (Å²) >= 11 is 7.11. The average Bonchev–Trinajstić information content (AvgIpc) is 3.04. The van der Waals surface area contributed by atoms with Gasteiger partial charge in [-0.1, -0.05) is 31.9 Å². The summed E-state index contributed by atoms with van der Waals surface area (Å²) in [5.74, 6) is 0. The minimum absolute atomic E-state index is 1.00. The molecule has 0 aliphatic rings. The van der Waals surface area contributed by atoms with Gasteiger partial charge >= 0.3 is 0 Å². The van der Waals surface area contributed by atoms with Crippen molar-refractivity contribution >= 4 is 75.6 Å². The zero-order valence-electron chi connectivity index (χ0n) is 11.2. The van der Waals surface area contributed by atoms with Gasteiger partial charge in [-0.2, -0.15) is 0 Å². The monoisotopic (exact) mass is 413 g/mol. The molecular formula is C17H9Br2N3. The zero-order chi connectivity index (χ0) is 14.8. The van der Waals surface area contributed by atoms with Gasteiger partial charge in [0, 0.05) is 36.1 Å². The summed E-state index contributed by atoms with van der Waals surface area (Å²) in [6.07, 6.45) is 1.92. The third-order valence-electron chi connectivity index (χ3n) is 4.10. The van der Waals surface area contributed by atoms with Gasteiger partial charge in [-0.3, -0.25) is 4.98 Å². The Morgan fingerprint density at radius 3 is 2.23 bits per heavy atom. The molecule has 0 radical (unpaired) electrons. The second-order valence-electron chi connectivity index (χ2n) is 5.40. The van der Waals surface area contributed by atoms with E-state index in [2.05, 4.69) is 71.1 Å². The van der Waals surface area contributed by atoms with Crippen LogP contribution in [-0.2, 0) is 0 Å². The highest BCUT2D eigenvalue weighted by molar-refractivity contribution is 9.10. The summed E-state index contributed by atoms with van der Waals surface area (Å²) < 4.78 is 2.13. The van der Waals surface area contributed by atoms with E-state index in [0.717, 1.165) is 41.9 Å². The molecule has 0 saturated carbocycles. The summed E-state index contributed by atoms with van der Waals surface area (Å²) in [5, 5.41) is 3.52. The molecule has 3 aromatic heterocycles. The first kappa shape index (κ1) is 12.7. The smallest absolute Gasteiger partial charge is 0.0966 e. The molecule has 0 spiro atoms. The van der Waals surface area contributed by atoms with Crippen LogP contribution in [-0.4, -0.2) is 15.0 Å². The Bertz CT molecular complexity index is 1200. The number of pyridine rings is 1. The first-order valence-electron chi connectivity index (χ1n) is 6.87. The number of aromatic amines is 2. The van der Waals surface area contributed by atoms with Crippen LogP contribution in [0.15, 0.2) is 51.5 Å². The van der Waals surface area contributed by atoms with Crippen molar-refractivity contribution in [1.82, 2.24) is 15.0 Å². The van der Waals surface area contributed by atoms with Gasteiger partial charge in [0.15, 0.2) is 0 Å². The second kappa shape index (κ2) is 4.33. The third kappa shape index (κ3) is 1.63. The summed E-state index contributed by atoms with van der Waals surface area (Å²) in [4.78, 5) is 11.6. The zero-order valence-corrected chi connectivity index (χ0v) is 14.4. The number of aromatic nitrogens is 3. The summed E-state index contributed by atoms with van der Waals surface area (Å²) in [7, 11) is 0. The lowest BCUT2D eigenvalue weighted by molar-refractivity contribution is 1.42. The average molecular weight is 415 g/mol. The van der Waals surface area contributed by atoms with E-state index < -0.39 is 0 Å². The molecule has 2 N–H and O–H groups in total. The highest BCUT2D eigenvalue weighted by atomic mass is 79.9. The fourth-order valence-corrected chi connectivity index (χ4v) is 3.87. The normalized spacial score (nSPS) is 12.1. The molecule has 3 nitrogen and oxygen atoms in total. The van der Waals surface area contributed by atoms with Crippen LogP contribution in [0, 0.1) is 0 Å². The second-order valence-corrected chi connectivity index (χ2v) is 7.23. The number of hydrogen-bond acceptors (Lipinski definition) is 1. The van der Waals surface area contributed by atoms with Crippen LogP contribution in [0.3, 0.4) is 0 Å². The molecule has 0 fully saturated rings. The van der Waals surface area contributed by atoms with Gasteiger partial charge in [-0.15, -0.1) is 0 Å². The van der Waals surface area contributed by atoms with Crippen LogP contribution in [0.4, 0.5) is 0 Å². The maximum Gasteiger partial charge on any atom is 0.0966 e. The fourth-order valence-electron chi connectivity index (χ4n) is 3.15. The van der Waals surface area contributed by atoms with Crippen LogP contribution in [0.2, 0.25) is 0 Å². The minimum atomic E-state index is 1.00. The molecule has 22 heavy (non-hydrogen) atoms. The highest BCUT2D eigenvalue weighted by Crippen LogP contribution is 2.35. The molecule has 0 unspecified atom stereocenters. The van der Waals surface area contributed by atoms with Crippen molar-refractivity contribution in [2.24, 2.45) is 0 Å². The SMILES string of the molecule is Brc1ccc2[nH]c3c(ncc4[nH]c5ccc(Br)cc5c43)c2c1. The lowest BCUT2D eigenvalue weighted by Gasteiger charge is -1.95. The molecule has 0 amide bonds. The van der Waals surface area contributed by atoms with Crippen molar-refractivity contribution in [3.63, 3.8) is 0 Å². The van der Waals surface area contributed by atoms with Gasteiger partial charge in [-0.05, 0) is 36.4 Å². The Labute approximate surface area is 142 Å². The maximum atomic E-state index is 4.66. The Morgan fingerprint density at radius 2 is 1.45 bits per heavy atom. The quantitative estimate of drug-likeness (QED) is 0.326. The molecule has 5 heteroatoms. The van der Waals surface area contributed by atoms with Crippen molar-refractivity contribution in [2.75, 3.05) is 0 Å². The van der Waals surface area contributed by atoms with Gasteiger partial charge in [0.05, 0.1) is 22.7 Å². The maximum absolute atomic E-state index is 4.66. The summed E-state index contributed by atoms with van der Waals surface area (Å²) in [5.41, 5.74) is 5.35. The van der Waals surface area contributed by atoms with E-state index in [0.29, 0.717) is 0 Å². The lowest BCUT2D eigenvalue weighted by Crippen LogP contribution is -1.77. The number of nitrogens with zero attached hydrogens (tertiary/aromatic N) is 1. The van der Waals surface area contributed by atoms with Gasteiger partial charge in [-0.25, -0.2) is 0 Å². The molecule has 3 heterocycles. The molecular weight excluding hydrogens is 406 g/mol. The number of benzene rings is 2. The Balaban J connectivity index is 2.08. The molecule has 0 aliphatic heterocycles. The van der Waals surface area contributed by atoms with E-state index in [4.69, 9.17) is 0 Å². The van der Waals surface area contributed by atoms with Gasteiger partial charge < -0.3 is 9.97 Å². The number of hydrogen-bond donors (Lipinski definition) is 2. The van der Waals surface area contributed by atoms with Crippen molar-refractivity contribution < 1.29 is 0 Å². The van der Waals surface area contributed by atoms with Crippen molar-refractivity contribution in [2.45, 2.75) is 0 Å². The number of nitrogens with one attached hydrogen (secondary N) is 2. The Kier molecular flexibility index (Phi) is 2.50. The van der Waals surface area contributed by atoms with E-state index in [-0.39, 0.29) is 0 Å². The molecule has 106 valence electrons. The van der Waals surface area contributed by atoms with Crippen LogP contribution in [0.1, 0.15) is 0 Å². The van der Waals surface area contributed by atoms with Crippen molar-refractivity contribution in [3.05, 3.63) is 51.5 Å². The predicted octanol–water partition coefficient (Wildman–Crippen LogP) is 5.88. The van der Waals surface area contributed by atoms with Crippen molar-refractivity contribution in [3.8, 4) is 0 Å². The number of halogens is 2. The summed E-state index contributed by atoms with van der Waals surface area (Å²) in [6.45, 7) is 0. The van der Waals surface area contributed by atoms with Gasteiger partial charge in [0.2, 0.25) is 0 Å².